The first-order valence-corrected chi connectivity index (χ1v) is 7.42. The Kier molecular flexibility index (Phi) is 3.99. The van der Waals surface area contributed by atoms with Crippen LogP contribution in [0.4, 0.5) is 0 Å². The van der Waals surface area contributed by atoms with E-state index in [2.05, 4.69) is 10.1 Å². The van der Waals surface area contributed by atoms with Gasteiger partial charge in [0.2, 0.25) is 5.91 Å². The molecule has 0 aliphatic rings. The van der Waals surface area contributed by atoms with Crippen LogP contribution in [-0.2, 0) is 4.79 Å². The molecule has 24 heavy (non-hydrogen) atoms. The molecule has 0 saturated heterocycles. The quantitative estimate of drug-likeness (QED) is 0.782. The summed E-state index contributed by atoms with van der Waals surface area (Å²) in [6.45, 7) is 1.73. The number of carbonyl (C=O) groups excluding carboxylic acids is 2. The summed E-state index contributed by atoms with van der Waals surface area (Å²) < 4.78 is 1.74. The smallest absolute Gasteiger partial charge is 0.255 e. The molecule has 0 saturated carbocycles. The molecule has 0 atom stereocenters. The number of para-hydroxylation sites is 1. The van der Waals surface area contributed by atoms with Gasteiger partial charge in [-0.15, -0.1) is 0 Å². The fourth-order valence-electron chi connectivity index (χ4n) is 2.54. The molecule has 7 heteroatoms. The van der Waals surface area contributed by atoms with Gasteiger partial charge in [0, 0.05) is 18.6 Å². The molecular formula is C17H17N5O2. The molecule has 3 aromatic rings. The first-order valence-electron chi connectivity index (χ1n) is 7.42. The van der Waals surface area contributed by atoms with Crippen molar-refractivity contribution in [3.8, 4) is 5.69 Å². The van der Waals surface area contributed by atoms with E-state index in [1.807, 2.05) is 37.3 Å². The summed E-state index contributed by atoms with van der Waals surface area (Å²) >= 11 is 0. The minimum atomic E-state index is -0.562. The van der Waals surface area contributed by atoms with E-state index >= 15 is 0 Å². The van der Waals surface area contributed by atoms with Crippen LogP contribution in [0.25, 0.3) is 16.7 Å². The minimum absolute atomic E-state index is 0.140. The van der Waals surface area contributed by atoms with E-state index in [9.17, 15) is 9.59 Å². The second-order valence-corrected chi connectivity index (χ2v) is 5.56. The number of aryl methyl sites for hydroxylation is 1. The normalized spacial score (nSPS) is 10.8. The highest BCUT2D eigenvalue weighted by Gasteiger charge is 2.17. The van der Waals surface area contributed by atoms with Gasteiger partial charge in [-0.2, -0.15) is 5.10 Å². The third kappa shape index (κ3) is 2.83. The topological polar surface area (TPSA) is 94.1 Å². The summed E-state index contributed by atoms with van der Waals surface area (Å²) in [5.74, 6) is -0.872. The fourth-order valence-corrected chi connectivity index (χ4v) is 2.54. The summed E-state index contributed by atoms with van der Waals surface area (Å²) in [7, 11) is 1.53. The number of hydrogen-bond donors (Lipinski definition) is 1. The zero-order valence-electron chi connectivity index (χ0n) is 13.4. The number of pyridine rings is 1. The number of likely N-dealkylation sites (N-methyl/N-ethyl adjacent to an activating group) is 1. The van der Waals surface area contributed by atoms with E-state index in [-0.39, 0.29) is 12.5 Å². The first-order chi connectivity index (χ1) is 11.5. The van der Waals surface area contributed by atoms with Gasteiger partial charge in [0.15, 0.2) is 5.65 Å². The number of fused-ring (bicyclic) bond motifs is 1. The lowest BCUT2D eigenvalue weighted by molar-refractivity contribution is -0.118. The number of amides is 2. The van der Waals surface area contributed by atoms with Crippen molar-refractivity contribution in [2.75, 3.05) is 13.6 Å². The molecule has 0 aliphatic heterocycles. The van der Waals surface area contributed by atoms with Gasteiger partial charge in [-0.1, -0.05) is 18.2 Å². The van der Waals surface area contributed by atoms with Gasteiger partial charge >= 0.3 is 0 Å². The molecule has 7 nitrogen and oxygen atoms in total. The maximum absolute atomic E-state index is 12.4. The minimum Gasteiger partial charge on any atom is -0.368 e. The molecule has 122 valence electrons. The molecule has 0 radical (unpaired) electrons. The summed E-state index contributed by atoms with van der Waals surface area (Å²) in [4.78, 5) is 29.0. The lowest BCUT2D eigenvalue weighted by Crippen LogP contribution is -2.35. The zero-order chi connectivity index (χ0) is 17.3. The Balaban J connectivity index is 2.03. The van der Waals surface area contributed by atoms with E-state index in [0.717, 1.165) is 16.8 Å². The highest BCUT2D eigenvalue weighted by Crippen LogP contribution is 2.21. The second kappa shape index (κ2) is 6.11. The van der Waals surface area contributed by atoms with Crippen molar-refractivity contribution in [2.45, 2.75) is 6.92 Å². The van der Waals surface area contributed by atoms with E-state index in [0.29, 0.717) is 11.2 Å². The molecule has 2 aromatic heterocycles. The molecule has 0 bridgehead atoms. The van der Waals surface area contributed by atoms with Gasteiger partial charge < -0.3 is 10.6 Å². The fraction of sp³-hybridized carbons (Fsp3) is 0.176. The van der Waals surface area contributed by atoms with Gasteiger partial charge in [-0.25, -0.2) is 9.67 Å². The van der Waals surface area contributed by atoms with Gasteiger partial charge in [0.25, 0.3) is 5.91 Å². The Morgan fingerprint density at radius 1 is 1.25 bits per heavy atom. The third-order valence-electron chi connectivity index (χ3n) is 3.69. The number of aromatic nitrogens is 3. The van der Waals surface area contributed by atoms with Crippen molar-refractivity contribution in [3.05, 3.63) is 53.9 Å². The SMILES string of the molecule is Cc1nn(-c2ccccc2)c2ncc(C(=O)N(C)CC(N)=O)cc12. The summed E-state index contributed by atoms with van der Waals surface area (Å²) in [5, 5.41) is 5.30. The number of nitrogens with zero attached hydrogens (tertiary/aromatic N) is 4. The monoisotopic (exact) mass is 323 g/mol. The molecular weight excluding hydrogens is 306 g/mol. The van der Waals surface area contributed by atoms with Crippen LogP contribution in [0.1, 0.15) is 16.1 Å². The van der Waals surface area contributed by atoms with Crippen LogP contribution < -0.4 is 5.73 Å². The van der Waals surface area contributed by atoms with Gasteiger partial charge in [0.1, 0.15) is 0 Å². The summed E-state index contributed by atoms with van der Waals surface area (Å²) in [6, 6.07) is 11.4. The van der Waals surface area contributed by atoms with E-state index in [1.165, 1.54) is 18.1 Å². The van der Waals surface area contributed by atoms with Crippen molar-refractivity contribution in [3.63, 3.8) is 0 Å². The Morgan fingerprint density at radius 3 is 2.62 bits per heavy atom. The maximum Gasteiger partial charge on any atom is 0.255 e. The van der Waals surface area contributed by atoms with Crippen LogP contribution in [-0.4, -0.2) is 45.1 Å². The molecule has 2 heterocycles. The molecule has 2 N–H and O–H groups in total. The van der Waals surface area contributed by atoms with E-state index < -0.39 is 5.91 Å². The number of primary amides is 1. The van der Waals surface area contributed by atoms with Crippen LogP contribution >= 0.6 is 0 Å². The summed E-state index contributed by atoms with van der Waals surface area (Å²) in [5.41, 5.74) is 7.86. The highest BCUT2D eigenvalue weighted by atomic mass is 16.2. The van der Waals surface area contributed by atoms with E-state index in [4.69, 9.17) is 5.73 Å². The largest absolute Gasteiger partial charge is 0.368 e. The van der Waals surface area contributed by atoms with Gasteiger partial charge in [-0.05, 0) is 25.1 Å². The predicted octanol–water partition coefficient (Wildman–Crippen LogP) is 1.29. The number of rotatable bonds is 4. The number of benzene rings is 1. The molecule has 0 aliphatic carbocycles. The second-order valence-electron chi connectivity index (χ2n) is 5.56. The number of nitrogens with two attached hydrogens (primary N) is 1. The Labute approximate surface area is 138 Å². The predicted molar refractivity (Wildman–Crippen MR) is 89.8 cm³/mol. The third-order valence-corrected chi connectivity index (χ3v) is 3.69. The Hall–Kier alpha value is -3.22. The molecule has 1 aromatic carbocycles. The van der Waals surface area contributed by atoms with Crippen molar-refractivity contribution in [2.24, 2.45) is 5.73 Å². The van der Waals surface area contributed by atoms with Crippen molar-refractivity contribution in [1.82, 2.24) is 19.7 Å². The molecule has 2 amide bonds. The lowest BCUT2D eigenvalue weighted by Gasteiger charge is -2.14. The summed E-state index contributed by atoms with van der Waals surface area (Å²) in [6.07, 6.45) is 1.49. The number of carbonyl (C=O) groups is 2. The zero-order valence-corrected chi connectivity index (χ0v) is 13.4. The molecule has 3 rings (SSSR count). The molecule has 0 spiro atoms. The Bertz CT molecular complexity index is 917. The van der Waals surface area contributed by atoms with Crippen LogP contribution in [0.15, 0.2) is 42.6 Å². The standard InChI is InChI=1S/C17H17N5O2/c1-11-14-8-12(17(24)21(2)10-15(18)23)9-19-16(14)22(20-11)13-6-4-3-5-7-13/h3-9H,10H2,1-2H3,(H2,18,23). The van der Waals surface area contributed by atoms with Crippen molar-refractivity contribution >= 4 is 22.8 Å². The molecule has 0 fully saturated rings. The average Bonchev–Trinajstić information content (AvgIpc) is 2.91. The van der Waals surface area contributed by atoms with Gasteiger partial charge in [0.05, 0.1) is 23.5 Å². The van der Waals surface area contributed by atoms with Crippen molar-refractivity contribution < 1.29 is 9.59 Å². The molecule has 0 unspecified atom stereocenters. The van der Waals surface area contributed by atoms with Crippen LogP contribution in [0.2, 0.25) is 0 Å². The lowest BCUT2D eigenvalue weighted by atomic mass is 10.2. The van der Waals surface area contributed by atoms with Crippen LogP contribution in [0.5, 0.6) is 0 Å². The van der Waals surface area contributed by atoms with E-state index in [1.54, 1.807) is 10.7 Å². The van der Waals surface area contributed by atoms with Crippen molar-refractivity contribution in [1.29, 1.82) is 0 Å². The number of hydrogen-bond acceptors (Lipinski definition) is 4. The first kappa shape index (κ1) is 15.7. The Morgan fingerprint density at radius 2 is 1.96 bits per heavy atom. The average molecular weight is 323 g/mol. The highest BCUT2D eigenvalue weighted by molar-refractivity contribution is 5.98. The van der Waals surface area contributed by atoms with Crippen LogP contribution in [0, 0.1) is 6.92 Å². The maximum atomic E-state index is 12.4. The van der Waals surface area contributed by atoms with Crippen LogP contribution in [0.3, 0.4) is 0 Å². The van der Waals surface area contributed by atoms with Gasteiger partial charge in [-0.3, -0.25) is 9.59 Å².